The van der Waals surface area contributed by atoms with Crippen LogP contribution in [0.15, 0.2) is 35.5 Å². The Hall–Kier alpha value is -1.35. The first kappa shape index (κ1) is 8.74. The Kier molecular flexibility index (Phi) is 3.29. The smallest absolute Gasteiger partial charge is 0.0749 e. The highest BCUT2D eigenvalue weighted by molar-refractivity contribution is 5.87. The minimum atomic E-state index is 0.297. The Labute approximate surface area is 71.5 Å². The molecule has 0 unspecified atom stereocenters. The highest BCUT2D eigenvalue weighted by atomic mass is 16.4. The average Bonchev–Trinajstić information content (AvgIpc) is 2.16. The second kappa shape index (κ2) is 4.51. The third kappa shape index (κ3) is 2.36. The number of rotatable bonds is 3. The number of nitrogens with two attached hydrogens (primary N) is 1. The number of hydrogen-bond donors (Lipinski definition) is 2. The second-order valence-electron chi connectivity index (χ2n) is 2.53. The number of benzene rings is 1. The first-order valence-corrected chi connectivity index (χ1v) is 3.80. The maximum atomic E-state index is 8.50. The van der Waals surface area contributed by atoms with E-state index in [1.807, 2.05) is 30.3 Å². The van der Waals surface area contributed by atoms with E-state index in [0.717, 1.165) is 5.56 Å². The fourth-order valence-electron chi connectivity index (χ4n) is 0.980. The van der Waals surface area contributed by atoms with Crippen molar-refractivity contribution >= 4 is 5.71 Å². The molecule has 0 heterocycles. The Balaban J connectivity index is 2.64. The zero-order valence-electron chi connectivity index (χ0n) is 6.77. The molecule has 0 aliphatic rings. The molecule has 64 valence electrons. The van der Waals surface area contributed by atoms with Gasteiger partial charge in [-0.2, -0.15) is 0 Å². The van der Waals surface area contributed by atoms with Gasteiger partial charge in [0.25, 0.3) is 0 Å². The molecule has 3 N–H and O–H groups in total. The quantitative estimate of drug-likeness (QED) is 0.398. The predicted octanol–water partition coefficient (Wildman–Crippen LogP) is 1.02. The highest BCUT2D eigenvalue weighted by Gasteiger charge is 1.98. The van der Waals surface area contributed by atoms with Crippen molar-refractivity contribution in [2.75, 3.05) is 6.54 Å². The van der Waals surface area contributed by atoms with Crippen LogP contribution in [0.1, 0.15) is 5.56 Å². The Morgan fingerprint density at radius 1 is 1.33 bits per heavy atom. The summed E-state index contributed by atoms with van der Waals surface area (Å²) in [5.41, 5.74) is 7.05. The van der Waals surface area contributed by atoms with Gasteiger partial charge in [0.05, 0.1) is 5.71 Å². The van der Waals surface area contributed by atoms with E-state index in [2.05, 4.69) is 5.16 Å². The molecule has 1 rings (SSSR count). The van der Waals surface area contributed by atoms with Gasteiger partial charge in [0.15, 0.2) is 0 Å². The normalized spacial score (nSPS) is 11.6. The number of hydrogen-bond acceptors (Lipinski definition) is 3. The van der Waals surface area contributed by atoms with Crippen molar-refractivity contribution in [3.8, 4) is 0 Å². The summed E-state index contributed by atoms with van der Waals surface area (Å²) < 4.78 is 0. The highest BCUT2D eigenvalue weighted by Crippen LogP contribution is 2.00. The third-order valence-corrected chi connectivity index (χ3v) is 1.63. The van der Waals surface area contributed by atoms with Crippen LogP contribution in [-0.4, -0.2) is 17.5 Å². The Bertz CT molecular complexity index is 256. The van der Waals surface area contributed by atoms with Gasteiger partial charge in [-0.1, -0.05) is 35.5 Å². The summed E-state index contributed by atoms with van der Waals surface area (Å²) in [4.78, 5) is 0. The molecule has 0 fully saturated rings. The van der Waals surface area contributed by atoms with E-state index >= 15 is 0 Å². The van der Waals surface area contributed by atoms with Crippen molar-refractivity contribution in [1.29, 1.82) is 0 Å². The van der Waals surface area contributed by atoms with E-state index in [4.69, 9.17) is 10.9 Å². The van der Waals surface area contributed by atoms with Crippen LogP contribution in [-0.2, 0) is 6.42 Å². The van der Waals surface area contributed by atoms with Crippen LogP contribution >= 0.6 is 0 Å². The van der Waals surface area contributed by atoms with Crippen molar-refractivity contribution in [3.63, 3.8) is 0 Å². The molecule has 0 aliphatic carbocycles. The molecule has 0 amide bonds. The van der Waals surface area contributed by atoms with E-state index in [0.29, 0.717) is 18.7 Å². The van der Waals surface area contributed by atoms with Crippen LogP contribution < -0.4 is 5.73 Å². The summed E-state index contributed by atoms with van der Waals surface area (Å²) in [5.74, 6) is 0. The first-order chi connectivity index (χ1) is 5.86. The topological polar surface area (TPSA) is 58.6 Å². The Morgan fingerprint density at radius 2 is 2.00 bits per heavy atom. The van der Waals surface area contributed by atoms with Gasteiger partial charge >= 0.3 is 0 Å². The Morgan fingerprint density at radius 3 is 2.50 bits per heavy atom. The van der Waals surface area contributed by atoms with Gasteiger partial charge < -0.3 is 10.9 Å². The van der Waals surface area contributed by atoms with E-state index in [1.165, 1.54) is 0 Å². The summed E-state index contributed by atoms with van der Waals surface area (Å²) in [6.45, 7) is 0.297. The minimum absolute atomic E-state index is 0.297. The average molecular weight is 164 g/mol. The van der Waals surface area contributed by atoms with E-state index < -0.39 is 0 Å². The standard InChI is InChI=1S/C9H12N2O/c10-7-9(11-12)6-8-4-2-1-3-5-8/h1-5,12H,6-7,10H2. The number of nitrogens with zero attached hydrogens (tertiary/aromatic N) is 1. The van der Waals surface area contributed by atoms with Gasteiger partial charge in [-0.3, -0.25) is 0 Å². The van der Waals surface area contributed by atoms with E-state index in [-0.39, 0.29) is 0 Å². The summed E-state index contributed by atoms with van der Waals surface area (Å²) in [6, 6.07) is 9.78. The summed E-state index contributed by atoms with van der Waals surface area (Å²) in [5, 5.41) is 11.6. The van der Waals surface area contributed by atoms with Crippen molar-refractivity contribution in [2.45, 2.75) is 6.42 Å². The molecule has 0 saturated carbocycles. The molecule has 0 saturated heterocycles. The molecular formula is C9H12N2O. The van der Waals surface area contributed by atoms with Crippen LogP contribution in [0.3, 0.4) is 0 Å². The maximum Gasteiger partial charge on any atom is 0.0749 e. The lowest BCUT2D eigenvalue weighted by molar-refractivity contribution is 0.317. The lowest BCUT2D eigenvalue weighted by atomic mass is 10.1. The lowest BCUT2D eigenvalue weighted by Crippen LogP contribution is -2.16. The number of oxime groups is 1. The molecule has 0 aromatic heterocycles. The van der Waals surface area contributed by atoms with E-state index in [9.17, 15) is 0 Å². The predicted molar refractivity (Wildman–Crippen MR) is 48.4 cm³/mol. The van der Waals surface area contributed by atoms with Gasteiger partial charge in [0.2, 0.25) is 0 Å². The fourth-order valence-corrected chi connectivity index (χ4v) is 0.980. The van der Waals surface area contributed by atoms with Gasteiger partial charge in [-0.15, -0.1) is 0 Å². The van der Waals surface area contributed by atoms with Gasteiger partial charge in [-0.25, -0.2) is 0 Å². The minimum Gasteiger partial charge on any atom is -0.411 e. The third-order valence-electron chi connectivity index (χ3n) is 1.63. The van der Waals surface area contributed by atoms with Gasteiger partial charge in [0, 0.05) is 13.0 Å². The van der Waals surface area contributed by atoms with Crippen LogP contribution in [0.2, 0.25) is 0 Å². The van der Waals surface area contributed by atoms with Crippen molar-refractivity contribution in [1.82, 2.24) is 0 Å². The largest absolute Gasteiger partial charge is 0.411 e. The molecule has 3 nitrogen and oxygen atoms in total. The summed E-state index contributed by atoms with van der Waals surface area (Å²) >= 11 is 0. The zero-order chi connectivity index (χ0) is 8.81. The second-order valence-corrected chi connectivity index (χ2v) is 2.53. The van der Waals surface area contributed by atoms with Crippen LogP contribution in [0.4, 0.5) is 0 Å². The van der Waals surface area contributed by atoms with Gasteiger partial charge in [-0.05, 0) is 5.56 Å². The van der Waals surface area contributed by atoms with Crippen LogP contribution in [0.5, 0.6) is 0 Å². The lowest BCUT2D eigenvalue weighted by Gasteiger charge is -2.00. The fraction of sp³-hybridized carbons (Fsp3) is 0.222. The molecule has 0 radical (unpaired) electrons. The van der Waals surface area contributed by atoms with Gasteiger partial charge in [0.1, 0.15) is 0 Å². The molecule has 0 bridgehead atoms. The maximum absolute atomic E-state index is 8.50. The molecule has 0 spiro atoms. The molecule has 12 heavy (non-hydrogen) atoms. The molecule has 0 aliphatic heterocycles. The first-order valence-electron chi connectivity index (χ1n) is 3.80. The van der Waals surface area contributed by atoms with Crippen LogP contribution in [0, 0.1) is 0 Å². The monoisotopic (exact) mass is 164 g/mol. The molecular weight excluding hydrogens is 152 g/mol. The summed E-state index contributed by atoms with van der Waals surface area (Å²) in [7, 11) is 0. The van der Waals surface area contributed by atoms with Crippen molar-refractivity contribution in [3.05, 3.63) is 35.9 Å². The van der Waals surface area contributed by atoms with Crippen molar-refractivity contribution in [2.24, 2.45) is 10.9 Å². The zero-order valence-corrected chi connectivity index (χ0v) is 6.77. The molecule has 1 aromatic rings. The van der Waals surface area contributed by atoms with E-state index in [1.54, 1.807) is 0 Å². The summed E-state index contributed by atoms with van der Waals surface area (Å²) in [6.07, 6.45) is 0.619. The molecule has 0 atom stereocenters. The van der Waals surface area contributed by atoms with Crippen molar-refractivity contribution < 1.29 is 5.21 Å². The van der Waals surface area contributed by atoms with Crippen LogP contribution in [0.25, 0.3) is 0 Å². The molecule has 1 aromatic carbocycles. The SMILES string of the molecule is NCC(Cc1ccccc1)=NO. The molecule has 3 heteroatoms.